The normalized spacial score (nSPS) is 17.9. The molecule has 1 aromatic heterocycles. The molecule has 1 aliphatic carbocycles. The Hall–Kier alpha value is -0.430. The van der Waals surface area contributed by atoms with Crippen molar-refractivity contribution < 1.29 is 8.42 Å². The van der Waals surface area contributed by atoms with Gasteiger partial charge in [-0.05, 0) is 48.7 Å². The summed E-state index contributed by atoms with van der Waals surface area (Å²) in [5.41, 5.74) is 1.01. The lowest BCUT2D eigenvalue weighted by molar-refractivity contribution is 0.492. The molecular formula is C12H20N2O2S2. The second-order valence-corrected chi connectivity index (χ2v) is 7.88. The third-order valence-corrected chi connectivity index (χ3v) is 6.21. The van der Waals surface area contributed by atoms with Gasteiger partial charge in [-0.2, -0.15) is 0 Å². The van der Waals surface area contributed by atoms with Gasteiger partial charge in [0, 0.05) is 13.1 Å². The van der Waals surface area contributed by atoms with Crippen LogP contribution < -0.4 is 10.0 Å². The predicted molar refractivity (Wildman–Crippen MR) is 74.2 cm³/mol. The standard InChI is InChI=1S/C12H20N2O2S2/c1-9(11-3-4-11)6-14-18(15,16)12-5-10(7-13-2)8-17-12/h5,8-9,11,13-14H,3-4,6-7H2,1-2H3. The molecule has 1 atom stereocenters. The Morgan fingerprint density at radius 1 is 1.50 bits per heavy atom. The zero-order chi connectivity index (χ0) is 13.2. The van der Waals surface area contributed by atoms with E-state index < -0.39 is 10.0 Å². The lowest BCUT2D eigenvalue weighted by atomic mass is 10.1. The van der Waals surface area contributed by atoms with Crippen molar-refractivity contribution in [3.05, 3.63) is 17.0 Å². The van der Waals surface area contributed by atoms with Crippen LogP contribution in [-0.2, 0) is 16.6 Å². The molecule has 0 radical (unpaired) electrons. The first-order valence-corrected chi connectivity index (χ1v) is 8.61. The molecular weight excluding hydrogens is 268 g/mol. The second kappa shape index (κ2) is 5.69. The summed E-state index contributed by atoms with van der Waals surface area (Å²) >= 11 is 1.28. The van der Waals surface area contributed by atoms with Gasteiger partial charge in [-0.1, -0.05) is 6.92 Å². The first kappa shape index (κ1) is 14.0. The molecule has 1 heterocycles. The Bertz CT molecular complexity index is 492. The van der Waals surface area contributed by atoms with Gasteiger partial charge >= 0.3 is 0 Å². The molecule has 0 saturated heterocycles. The van der Waals surface area contributed by atoms with Crippen LogP contribution in [0, 0.1) is 11.8 Å². The lowest BCUT2D eigenvalue weighted by Crippen LogP contribution is -2.28. The van der Waals surface area contributed by atoms with Crippen LogP contribution in [0.5, 0.6) is 0 Å². The van der Waals surface area contributed by atoms with Crippen LogP contribution in [0.4, 0.5) is 0 Å². The Balaban J connectivity index is 1.95. The van der Waals surface area contributed by atoms with E-state index in [1.165, 1.54) is 24.2 Å². The van der Waals surface area contributed by atoms with Crippen molar-refractivity contribution in [2.24, 2.45) is 11.8 Å². The van der Waals surface area contributed by atoms with Crippen LogP contribution in [0.25, 0.3) is 0 Å². The maximum Gasteiger partial charge on any atom is 0.250 e. The minimum absolute atomic E-state index is 0.413. The topological polar surface area (TPSA) is 58.2 Å². The number of hydrogen-bond donors (Lipinski definition) is 2. The van der Waals surface area contributed by atoms with Gasteiger partial charge in [-0.3, -0.25) is 0 Å². The average Bonchev–Trinajstić information content (AvgIpc) is 3.07. The van der Waals surface area contributed by atoms with Crippen molar-refractivity contribution in [1.29, 1.82) is 0 Å². The highest BCUT2D eigenvalue weighted by Gasteiger charge is 2.29. The van der Waals surface area contributed by atoms with Gasteiger partial charge < -0.3 is 5.32 Å². The molecule has 0 amide bonds. The van der Waals surface area contributed by atoms with Gasteiger partial charge in [0.05, 0.1) is 0 Å². The van der Waals surface area contributed by atoms with Gasteiger partial charge in [0.15, 0.2) is 0 Å². The van der Waals surface area contributed by atoms with Crippen LogP contribution >= 0.6 is 11.3 Å². The Labute approximate surface area is 113 Å². The third kappa shape index (κ3) is 3.54. The van der Waals surface area contributed by atoms with E-state index in [0.29, 0.717) is 23.2 Å². The molecule has 1 aromatic rings. The monoisotopic (exact) mass is 288 g/mol. The SMILES string of the molecule is CNCc1csc(S(=O)(=O)NCC(C)C2CC2)c1. The summed E-state index contributed by atoms with van der Waals surface area (Å²) in [6.07, 6.45) is 2.49. The van der Waals surface area contributed by atoms with Gasteiger partial charge in [0.2, 0.25) is 10.0 Å². The van der Waals surface area contributed by atoms with Crippen LogP contribution in [0.1, 0.15) is 25.3 Å². The van der Waals surface area contributed by atoms with Crippen molar-refractivity contribution >= 4 is 21.4 Å². The summed E-state index contributed by atoms with van der Waals surface area (Å²) < 4.78 is 27.3. The molecule has 0 aliphatic heterocycles. The smallest absolute Gasteiger partial charge is 0.250 e. The summed E-state index contributed by atoms with van der Waals surface area (Å²) in [5, 5.41) is 4.90. The fourth-order valence-electron chi connectivity index (χ4n) is 1.94. The van der Waals surface area contributed by atoms with Gasteiger partial charge in [0.25, 0.3) is 0 Å². The second-order valence-electron chi connectivity index (χ2n) is 4.97. The van der Waals surface area contributed by atoms with E-state index >= 15 is 0 Å². The van der Waals surface area contributed by atoms with Crippen LogP contribution in [-0.4, -0.2) is 22.0 Å². The fraction of sp³-hybridized carbons (Fsp3) is 0.667. The Morgan fingerprint density at radius 2 is 2.22 bits per heavy atom. The molecule has 18 heavy (non-hydrogen) atoms. The molecule has 6 heteroatoms. The van der Waals surface area contributed by atoms with Crippen molar-refractivity contribution in [3.63, 3.8) is 0 Å². The van der Waals surface area contributed by atoms with Crippen LogP contribution in [0.15, 0.2) is 15.7 Å². The summed E-state index contributed by atoms with van der Waals surface area (Å²) in [5.74, 6) is 1.16. The number of thiophene rings is 1. The minimum atomic E-state index is -3.32. The fourth-order valence-corrected chi connectivity index (χ4v) is 4.33. The highest BCUT2D eigenvalue weighted by atomic mass is 32.2. The van der Waals surface area contributed by atoms with Crippen LogP contribution in [0.2, 0.25) is 0 Å². The van der Waals surface area contributed by atoms with Crippen molar-refractivity contribution in [2.45, 2.75) is 30.5 Å². The quantitative estimate of drug-likeness (QED) is 0.804. The first-order chi connectivity index (χ1) is 8.53. The lowest BCUT2D eigenvalue weighted by Gasteiger charge is -2.10. The van der Waals surface area contributed by atoms with Crippen molar-refractivity contribution in [1.82, 2.24) is 10.0 Å². The van der Waals surface area contributed by atoms with Crippen molar-refractivity contribution in [2.75, 3.05) is 13.6 Å². The van der Waals surface area contributed by atoms with E-state index in [9.17, 15) is 8.42 Å². The summed E-state index contributed by atoms with van der Waals surface area (Å²) in [7, 11) is -1.47. The minimum Gasteiger partial charge on any atom is -0.316 e. The first-order valence-electron chi connectivity index (χ1n) is 6.24. The summed E-state index contributed by atoms with van der Waals surface area (Å²) in [6, 6.07) is 1.74. The number of sulfonamides is 1. The van der Waals surface area contributed by atoms with E-state index in [-0.39, 0.29) is 0 Å². The largest absolute Gasteiger partial charge is 0.316 e. The Morgan fingerprint density at radius 3 is 2.83 bits per heavy atom. The molecule has 0 spiro atoms. The molecule has 102 valence electrons. The van der Waals surface area contributed by atoms with Crippen molar-refractivity contribution in [3.8, 4) is 0 Å². The predicted octanol–water partition coefficient (Wildman–Crippen LogP) is 1.79. The maximum atomic E-state index is 12.1. The molecule has 1 unspecified atom stereocenters. The van der Waals surface area contributed by atoms with E-state index in [2.05, 4.69) is 17.0 Å². The molecule has 1 saturated carbocycles. The number of hydrogen-bond acceptors (Lipinski definition) is 4. The maximum absolute atomic E-state index is 12.1. The highest BCUT2D eigenvalue weighted by Crippen LogP contribution is 2.36. The zero-order valence-electron chi connectivity index (χ0n) is 10.8. The van der Waals surface area contributed by atoms with Gasteiger partial charge in [0.1, 0.15) is 4.21 Å². The van der Waals surface area contributed by atoms with E-state index in [4.69, 9.17) is 0 Å². The van der Waals surface area contributed by atoms with Crippen LogP contribution in [0.3, 0.4) is 0 Å². The molecule has 0 aromatic carbocycles. The van der Waals surface area contributed by atoms with Gasteiger partial charge in [-0.25, -0.2) is 13.1 Å². The Kier molecular flexibility index (Phi) is 4.42. The average molecular weight is 288 g/mol. The molecule has 2 N–H and O–H groups in total. The van der Waals surface area contributed by atoms with E-state index in [0.717, 1.165) is 11.5 Å². The van der Waals surface area contributed by atoms with E-state index in [1.807, 2.05) is 12.4 Å². The number of rotatable bonds is 7. The molecule has 2 rings (SSSR count). The molecule has 1 aliphatic rings. The highest BCUT2D eigenvalue weighted by molar-refractivity contribution is 7.91. The van der Waals surface area contributed by atoms with Gasteiger partial charge in [-0.15, -0.1) is 11.3 Å². The third-order valence-electron chi connectivity index (χ3n) is 3.30. The molecule has 4 nitrogen and oxygen atoms in total. The molecule has 0 bridgehead atoms. The summed E-state index contributed by atoms with van der Waals surface area (Å²) in [4.78, 5) is 0. The number of nitrogens with one attached hydrogen (secondary N) is 2. The molecule has 1 fully saturated rings. The zero-order valence-corrected chi connectivity index (χ0v) is 12.4. The van der Waals surface area contributed by atoms with E-state index in [1.54, 1.807) is 6.07 Å². The summed E-state index contributed by atoms with van der Waals surface area (Å²) in [6.45, 7) is 3.36.